The number of amides is 1. The van der Waals surface area contributed by atoms with E-state index >= 15 is 0 Å². The smallest absolute Gasteiger partial charge is 0.241 e. The maximum atomic E-state index is 12.6. The van der Waals surface area contributed by atoms with Gasteiger partial charge in [0.05, 0.1) is 4.90 Å². The molecule has 1 amide bonds. The van der Waals surface area contributed by atoms with Crippen LogP contribution in [0.1, 0.15) is 25.8 Å². The lowest BCUT2D eigenvalue weighted by atomic mass is 10.2. The molecule has 0 bridgehead atoms. The molecule has 6 nitrogen and oxygen atoms in total. The molecule has 0 aliphatic heterocycles. The number of thioether (sulfide) groups is 1. The Morgan fingerprint density at radius 2 is 1.85 bits per heavy atom. The number of nitrogens with one attached hydrogen (secondary N) is 3. The van der Waals surface area contributed by atoms with Crippen LogP contribution in [0, 0.1) is 6.92 Å². The SMILES string of the molecule is CCN[C@H](C)CNC(=O)C(CCSC)NS(=O)(=O)c1ccc(C)cc1.Cl. The van der Waals surface area contributed by atoms with Gasteiger partial charge in [0.15, 0.2) is 0 Å². The molecule has 0 heterocycles. The summed E-state index contributed by atoms with van der Waals surface area (Å²) in [5.41, 5.74) is 0.980. The van der Waals surface area contributed by atoms with Crippen molar-refractivity contribution < 1.29 is 13.2 Å². The second-order valence-corrected chi connectivity index (χ2v) is 8.67. The van der Waals surface area contributed by atoms with Crippen molar-refractivity contribution >= 4 is 40.1 Å². The van der Waals surface area contributed by atoms with Gasteiger partial charge in [-0.05, 0) is 51.0 Å². The highest BCUT2D eigenvalue weighted by Crippen LogP contribution is 2.12. The number of halogens is 1. The van der Waals surface area contributed by atoms with Gasteiger partial charge in [0.1, 0.15) is 6.04 Å². The van der Waals surface area contributed by atoms with Crippen LogP contribution < -0.4 is 15.4 Å². The lowest BCUT2D eigenvalue weighted by Crippen LogP contribution is -2.49. The van der Waals surface area contributed by atoms with Crippen LogP contribution in [0.15, 0.2) is 29.2 Å². The number of carbonyl (C=O) groups is 1. The molecule has 1 unspecified atom stereocenters. The molecular formula is C17H30ClN3O3S2. The largest absolute Gasteiger partial charge is 0.353 e. The summed E-state index contributed by atoms with van der Waals surface area (Å²) < 4.78 is 27.6. The molecule has 0 saturated heterocycles. The summed E-state index contributed by atoms with van der Waals surface area (Å²) in [5, 5.41) is 6.03. The Bertz CT molecular complexity index is 639. The first kappa shape index (κ1) is 25.2. The first-order chi connectivity index (χ1) is 11.8. The maximum absolute atomic E-state index is 12.6. The van der Waals surface area contributed by atoms with E-state index in [1.165, 1.54) is 0 Å². The zero-order valence-electron chi connectivity index (χ0n) is 15.7. The lowest BCUT2D eigenvalue weighted by molar-refractivity contribution is -0.122. The molecule has 1 aromatic rings. The van der Waals surface area contributed by atoms with Crippen LogP contribution in [0.3, 0.4) is 0 Å². The van der Waals surface area contributed by atoms with E-state index in [0.29, 0.717) is 18.7 Å². The summed E-state index contributed by atoms with van der Waals surface area (Å²) in [6, 6.07) is 5.92. The van der Waals surface area contributed by atoms with Gasteiger partial charge in [-0.25, -0.2) is 8.42 Å². The Hall–Kier alpha value is -0.800. The normalized spacial score (nSPS) is 13.5. The highest BCUT2D eigenvalue weighted by atomic mass is 35.5. The molecule has 3 N–H and O–H groups in total. The van der Waals surface area contributed by atoms with Crippen molar-refractivity contribution in [2.75, 3.05) is 25.1 Å². The quantitative estimate of drug-likeness (QED) is 0.506. The summed E-state index contributed by atoms with van der Waals surface area (Å²) in [6.45, 7) is 7.12. The van der Waals surface area contributed by atoms with E-state index in [-0.39, 0.29) is 29.3 Å². The molecule has 9 heteroatoms. The van der Waals surface area contributed by atoms with Crippen LogP contribution in [-0.4, -0.2) is 51.5 Å². The van der Waals surface area contributed by atoms with Crippen molar-refractivity contribution in [1.82, 2.24) is 15.4 Å². The molecule has 0 radical (unpaired) electrons. The first-order valence-electron chi connectivity index (χ1n) is 8.39. The van der Waals surface area contributed by atoms with Crippen LogP contribution in [0.4, 0.5) is 0 Å². The Kier molecular flexibility index (Phi) is 12.2. The molecular weight excluding hydrogens is 394 g/mol. The van der Waals surface area contributed by atoms with Crippen LogP contribution in [0.5, 0.6) is 0 Å². The van der Waals surface area contributed by atoms with E-state index in [9.17, 15) is 13.2 Å². The highest BCUT2D eigenvalue weighted by molar-refractivity contribution is 7.98. The minimum absolute atomic E-state index is 0. The van der Waals surface area contributed by atoms with Crippen LogP contribution in [0.2, 0.25) is 0 Å². The highest BCUT2D eigenvalue weighted by Gasteiger charge is 2.25. The number of aryl methyl sites for hydroxylation is 1. The molecule has 1 aromatic carbocycles. The zero-order valence-corrected chi connectivity index (χ0v) is 18.2. The monoisotopic (exact) mass is 423 g/mol. The van der Waals surface area contributed by atoms with Gasteiger partial charge >= 0.3 is 0 Å². The Labute approximate surface area is 167 Å². The van der Waals surface area contributed by atoms with E-state index in [2.05, 4.69) is 15.4 Å². The lowest BCUT2D eigenvalue weighted by Gasteiger charge is -2.20. The molecule has 0 aliphatic carbocycles. The molecule has 0 spiro atoms. The zero-order chi connectivity index (χ0) is 18.9. The summed E-state index contributed by atoms with van der Waals surface area (Å²) in [7, 11) is -3.74. The maximum Gasteiger partial charge on any atom is 0.241 e. The number of hydrogen-bond acceptors (Lipinski definition) is 5. The van der Waals surface area contributed by atoms with Crippen LogP contribution >= 0.6 is 24.2 Å². The number of sulfonamides is 1. The van der Waals surface area contributed by atoms with E-state index in [0.717, 1.165) is 12.1 Å². The number of benzene rings is 1. The van der Waals surface area contributed by atoms with Gasteiger partial charge in [-0.2, -0.15) is 16.5 Å². The third kappa shape index (κ3) is 8.73. The van der Waals surface area contributed by atoms with Crippen molar-refractivity contribution in [3.05, 3.63) is 29.8 Å². The van der Waals surface area contributed by atoms with E-state index in [1.807, 2.05) is 27.0 Å². The Balaban J connectivity index is 0.00000625. The van der Waals surface area contributed by atoms with Crippen molar-refractivity contribution in [2.45, 2.75) is 44.2 Å². The third-order valence-corrected chi connectivity index (χ3v) is 5.82. The van der Waals surface area contributed by atoms with Crippen molar-refractivity contribution in [1.29, 1.82) is 0 Å². The minimum atomic E-state index is -3.74. The van der Waals surface area contributed by atoms with Gasteiger partial charge in [0.2, 0.25) is 15.9 Å². The Morgan fingerprint density at radius 1 is 1.23 bits per heavy atom. The summed E-state index contributed by atoms with van der Waals surface area (Å²) in [4.78, 5) is 12.6. The molecule has 1 rings (SSSR count). The number of hydrogen-bond donors (Lipinski definition) is 3. The summed E-state index contributed by atoms with van der Waals surface area (Å²) >= 11 is 1.58. The molecule has 26 heavy (non-hydrogen) atoms. The predicted molar refractivity (Wildman–Crippen MR) is 112 cm³/mol. The Morgan fingerprint density at radius 3 is 2.38 bits per heavy atom. The third-order valence-electron chi connectivity index (χ3n) is 3.69. The van der Waals surface area contributed by atoms with Crippen molar-refractivity contribution in [3.63, 3.8) is 0 Å². The van der Waals surface area contributed by atoms with Crippen molar-refractivity contribution in [3.8, 4) is 0 Å². The van der Waals surface area contributed by atoms with E-state index in [1.54, 1.807) is 36.0 Å². The summed E-state index contributed by atoms with van der Waals surface area (Å²) in [5.74, 6) is 0.395. The second kappa shape index (κ2) is 12.6. The molecule has 150 valence electrons. The predicted octanol–water partition coefficient (Wildman–Crippen LogP) is 1.93. The first-order valence-corrected chi connectivity index (χ1v) is 11.3. The molecule has 0 fully saturated rings. The van der Waals surface area contributed by atoms with Gasteiger partial charge in [0, 0.05) is 12.6 Å². The molecule has 0 saturated carbocycles. The molecule has 0 aliphatic rings. The van der Waals surface area contributed by atoms with Crippen LogP contribution in [0.25, 0.3) is 0 Å². The average Bonchev–Trinajstić information content (AvgIpc) is 2.57. The standard InChI is InChI=1S/C17H29N3O3S2.ClH/c1-5-18-14(3)12-19-17(21)16(10-11-24-4)20-25(22,23)15-8-6-13(2)7-9-15;/h6-9,14,16,18,20H,5,10-12H2,1-4H3,(H,19,21);1H/t14-,16?;/m1./s1. The fourth-order valence-electron chi connectivity index (χ4n) is 2.25. The van der Waals surface area contributed by atoms with Gasteiger partial charge in [-0.1, -0.05) is 24.6 Å². The fraction of sp³-hybridized carbons (Fsp3) is 0.588. The van der Waals surface area contributed by atoms with Gasteiger partial charge in [-0.3, -0.25) is 4.79 Å². The fourth-order valence-corrected chi connectivity index (χ4v) is 3.95. The van der Waals surface area contributed by atoms with Crippen molar-refractivity contribution in [2.24, 2.45) is 0 Å². The van der Waals surface area contributed by atoms with E-state index in [4.69, 9.17) is 0 Å². The van der Waals surface area contributed by atoms with Gasteiger partial charge in [0.25, 0.3) is 0 Å². The number of rotatable bonds is 11. The summed E-state index contributed by atoms with van der Waals surface area (Å²) in [6.07, 6.45) is 2.37. The average molecular weight is 424 g/mol. The number of carbonyl (C=O) groups excluding carboxylic acids is 1. The number of likely N-dealkylation sites (N-methyl/N-ethyl adjacent to an activating group) is 1. The topological polar surface area (TPSA) is 87.3 Å². The van der Waals surface area contributed by atoms with Gasteiger partial charge in [-0.15, -0.1) is 12.4 Å². The van der Waals surface area contributed by atoms with Crippen LogP contribution in [-0.2, 0) is 14.8 Å². The molecule has 0 aromatic heterocycles. The van der Waals surface area contributed by atoms with E-state index < -0.39 is 16.1 Å². The second-order valence-electron chi connectivity index (χ2n) is 5.97. The minimum Gasteiger partial charge on any atom is -0.353 e. The van der Waals surface area contributed by atoms with Gasteiger partial charge < -0.3 is 10.6 Å². The molecule has 2 atom stereocenters.